The molecule has 2 heterocycles. The first-order valence-corrected chi connectivity index (χ1v) is 8.80. The van der Waals surface area contributed by atoms with Gasteiger partial charge in [0.25, 0.3) is 5.91 Å². The predicted octanol–water partition coefficient (Wildman–Crippen LogP) is 2.87. The zero-order valence-electron chi connectivity index (χ0n) is 13.7. The molecule has 0 fully saturated rings. The lowest BCUT2D eigenvalue weighted by molar-refractivity contribution is 0.0520. The Kier molecular flexibility index (Phi) is 5.59. The Morgan fingerprint density at radius 2 is 2.15 bits per heavy atom. The van der Waals surface area contributed by atoms with Gasteiger partial charge in [-0.05, 0) is 18.6 Å². The third-order valence-corrected chi connectivity index (χ3v) is 4.38. The van der Waals surface area contributed by atoms with Crippen molar-refractivity contribution in [2.24, 2.45) is 0 Å². The van der Waals surface area contributed by atoms with Crippen LogP contribution in [0.4, 0.5) is 5.00 Å². The molecule has 10 heteroatoms. The minimum Gasteiger partial charge on any atom is -0.461 e. The fourth-order valence-electron chi connectivity index (χ4n) is 2.15. The number of carbonyl (C=O) groups is 2. The largest absolute Gasteiger partial charge is 0.461 e. The van der Waals surface area contributed by atoms with E-state index in [1.807, 2.05) is 18.2 Å². The molecule has 8 nitrogen and oxygen atoms in total. The molecule has 2 aromatic heterocycles. The molecule has 1 N–H and O–H groups in total. The van der Waals surface area contributed by atoms with E-state index >= 15 is 0 Å². The molecule has 3 aromatic rings. The molecule has 0 aliphatic heterocycles. The minimum absolute atomic E-state index is 0.0198. The number of anilines is 1. The number of halogens is 1. The Hall–Kier alpha value is -2.78. The highest BCUT2D eigenvalue weighted by atomic mass is 35.5. The van der Waals surface area contributed by atoms with Crippen molar-refractivity contribution in [1.29, 1.82) is 0 Å². The molecule has 1 aromatic carbocycles. The van der Waals surface area contributed by atoms with Gasteiger partial charge < -0.3 is 10.1 Å². The molecule has 0 saturated carbocycles. The summed E-state index contributed by atoms with van der Waals surface area (Å²) in [6, 6.07) is 7.41. The minimum atomic E-state index is -0.633. The topological polar surface area (TPSA) is 99.0 Å². The third kappa shape index (κ3) is 4.06. The van der Waals surface area contributed by atoms with Gasteiger partial charge in [-0.3, -0.25) is 9.48 Å². The Morgan fingerprint density at radius 3 is 2.92 bits per heavy atom. The number of ether oxygens (including phenoxy) is 1. The quantitative estimate of drug-likeness (QED) is 0.648. The number of benzene rings is 1. The van der Waals surface area contributed by atoms with Crippen LogP contribution in [-0.4, -0.2) is 37.9 Å². The number of nitrogens with zero attached hydrogens (tertiary/aromatic N) is 4. The van der Waals surface area contributed by atoms with Crippen LogP contribution in [-0.2, 0) is 11.3 Å². The van der Waals surface area contributed by atoms with Gasteiger partial charge in [-0.1, -0.05) is 34.3 Å². The summed E-state index contributed by atoms with van der Waals surface area (Å²) >= 11 is 7.03. The van der Waals surface area contributed by atoms with Gasteiger partial charge in [0.15, 0.2) is 5.00 Å². The summed E-state index contributed by atoms with van der Waals surface area (Å²) < 4.78 is 10.2. The van der Waals surface area contributed by atoms with Gasteiger partial charge in [-0.2, -0.15) is 5.10 Å². The van der Waals surface area contributed by atoms with E-state index in [9.17, 15) is 9.59 Å². The van der Waals surface area contributed by atoms with Crippen molar-refractivity contribution >= 4 is 40.0 Å². The number of hydrogen-bond acceptors (Lipinski definition) is 7. The van der Waals surface area contributed by atoms with E-state index in [1.165, 1.54) is 6.20 Å². The number of rotatable bonds is 6. The van der Waals surface area contributed by atoms with Crippen LogP contribution >= 0.6 is 23.1 Å². The predicted molar refractivity (Wildman–Crippen MR) is 96.6 cm³/mol. The first-order chi connectivity index (χ1) is 12.6. The molecule has 0 atom stereocenters. The van der Waals surface area contributed by atoms with E-state index in [0.717, 1.165) is 17.1 Å². The van der Waals surface area contributed by atoms with Crippen molar-refractivity contribution < 1.29 is 14.3 Å². The molecule has 0 unspecified atom stereocenters. The smallest absolute Gasteiger partial charge is 0.362 e. The SMILES string of the molecule is CCOC(=O)c1nnsc1NC(=O)c1cnn(Cc2ccccc2Cl)c1. The second-order valence-electron chi connectivity index (χ2n) is 5.14. The van der Waals surface area contributed by atoms with Crippen molar-refractivity contribution in [3.05, 3.63) is 58.5 Å². The van der Waals surface area contributed by atoms with Gasteiger partial charge >= 0.3 is 5.97 Å². The van der Waals surface area contributed by atoms with Crippen LogP contribution in [0, 0.1) is 0 Å². The number of aromatic nitrogens is 4. The highest BCUT2D eigenvalue weighted by Gasteiger charge is 2.20. The zero-order chi connectivity index (χ0) is 18.5. The van der Waals surface area contributed by atoms with Crippen LogP contribution < -0.4 is 5.32 Å². The lowest BCUT2D eigenvalue weighted by atomic mass is 10.2. The molecule has 26 heavy (non-hydrogen) atoms. The standard InChI is InChI=1S/C16H14ClN5O3S/c1-2-25-16(24)13-15(26-21-20-13)19-14(23)11-7-18-22(9-11)8-10-5-3-4-6-12(10)17/h3-7,9H,2,8H2,1H3,(H,19,23). The lowest BCUT2D eigenvalue weighted by Crippen LogP contribution is -2.14. The maximum atomic E-state index is 12.4. The van der Waals surface area contributed by atoms with E-state index in [0.29, 0.717) is 17.1 Å². The summed E-state index contributed by atoms with van der Waals surface area (Å²) in [6.45, 7) is 2.32. The maximum absolute atomic E-state index is 12.4. The van der Waals surface area contributed by atoms with Crippen LogP contribution in [0.1, 0.15) is 33.3 Å². The number of carbonyl (C=O) groups excluding carboxylic acids is 2. The second kappa shape index (κ2) is 8.07. The monoisotopic (exact) mass is 391 g/mol. The van der Waals surface area contributed by atoms with Gasteiger partial charge in [0, 0.05) is 22.8 Å². The van der Waals surface area contributed by atoms with Gasteiger partial charge in [0.1, 0.15) is 0 Å². The van der Waals surface area contributed by atoms with Crippen molar-refractivity contribution in [3.63, 3.8) is 0 Å². The average Bonchev–Trinajstić information content (AvgIpc) is 3.26. The summed E-state index contributed by atoms with van der Waals surface area (Å²) in [5.74, 6) is -1.06. The molecule has 0 radical (unpaired) electrons. The average molecular weight is 392 g/mol. The van der Waals surface area contributed by atoms with Gasteiger partial charge in [-0.15, -0.1) is 5.10 Å². The molecule has 0 bridgehead atoms. The first kappa shape index (κ1) is 18.0. The lowest BCUT2D eigenvalue weighted by Gasteiger charge is -2.04. The van der Waals surface area contributed by atoms with E-state index in [4.69, 9.17) is 16.3 Å². The molecule has 0 spiro atoms. The number of hydrogen-bond donors (Lipinski definition) is 1. The van der Waals surface area contributed by atoms with Gasteiger partial charge in [-0.25, -0.2) is 4.79 Å². The van der Waals surface area contributed by atoms with Crippen LogP contribution in [0.25, 0.3) is 0 Å². The summed E-state index contributed by atoms with van der Waals surface area (Å²) in [7, 11) is 0. The number of amides is 1. The van der Waals surface area contributed by atoms with E-state index < -0.39 is 11.9 Å². The molecule has 0 saturated heterocycles. The molecule has 3 rings (SSSR count). The van der Waals surface area contributed by atoms with Crippen molar-refractivity contribution in [2.45, 2.75) is 13.5 Å². The van der Waals surface area contributed by atoms with Crippen LogP contribution in [0.2, 0.25) is 5.02 Å². The Labute approximate surface area is 157 Å². The summed E-state index contributed by atoms with van der Waals surface area (Å²) in [5, 5.41) is 11.3. The van der Waals surface area contributed by atoms with Crippen molar-refractivity contribution in [3.8, 4) is 0 Å². The van der Waals surface area contributed by atoms with E-state index in [2.05, 4.69) is 20.0 Å². The van der Waals surface area contributed by atoms with E-state index in [-0.39, 0.29) is 17.3 Å². The van der Waals surface area contributed by atoms with Gasteiger partial charge in [0.05, 0.1) is 24.9 Å². The molecular formula is C16H14ClN5O3S. The fourth-order valence-corrected chi connectivity index (χ4v) is 2.90. The van der Waals surface area contributed by atoms with Crippen molar-refractivity contribution in [1.82, 2.24) is 19.4 Å². The highest BCUT2D eigenvalue weighted by molar-refractivity contribution is 7.10. The second-order valence-corrected chi connectivity index (χ2v) is 6.30. The first-order valence-electron chi connectivity index (χ1n) is 7.65. The zero-order valence-corrected chi connectivity index (χ0v) is 15.3. The van der Waals surface area contributed by atoms with Crippen LogP contribution in [0.15, 0.2) is 36.7 Å². The Balaban J connectivity index is 1.70. The maximum Gasteiger partial charge on any atom is 0.362 e. The van der Waals surface area contributed by atoms with E-state index in [1.54, 1.807) is 23.9 Å². The highest BCUT2D eigenvalue weighted by Crippen LogP contribution is 2.20. The Morgan fingerprint density at radius 1 is 1.35 bits per heavy atom. The van der Waals surface area contributed by atoms with Crippen molar-refractivity contribution in [2.75, 3.05) is 11.9 Å². The molecule has 0 aliphatic carbocycles. The molecule has 134 valence electrons. The molecular weight excluding hydrogens is 378 g/mol. The van der Waals surface area contributed by atoms with Crippen LogP contribution in [0.3, 0.4) is 0 Å². The fraction of sp³-hybridized carbons (Fsp3) is 0.188. The third-order valence-electron chi connectivity index (χ3n) is 3.37. The number of esters is 1. The summed E-state index contributed by atoms with van der Waals surface area (Å²) in [5.41, 5.74) is 1.20. The molecule has 0 aliphatic rings. The van der Waals surface area contributed by atoms with Gasteiger partial charge in [0.2, 0.25) is 5.69 Å². The normalized spacial score (nSPS) is 10.5. The summed E-state index contributed by atoms with van der Waals surface area (Å²) in [4.78, 5) is 24.2. The summed E-state index contributed by atoms with van der Waals surface area (Å²) in [6.07, 6.45) is 3.03. The van der Waals surface area contributed by atoms with Crippen LogP contribution in [0.5, 0.6) is 0 Å². The Bertz CT molecular complexity index is 939. The number of nitrogens with one attached hydrogen (secondary N) is 1. The molecule has 1 amide bonds.